The van der Waals surface area contributed by atoms with Crippen LogP contribution < -0.4 is 4.89 Å². The first kappa shape index (κ1) is 36.5. The van der Waals surface area contributed by atoms with Gasteiger partial charge in [0.25, 0.3) is 7.82 Å². The number of hydrogen-bond acceptors (Lipinski definition) is 7. The van der Waals surface area contributed by atoms with Gasteiger partial charge in [0.1, 0.15) is 19.3 Å². The molecule has 0 aliphatic heterocycles. The minimum absolute atomic E-state index is 0.0280. The predicted octanol–water partition coefficient (Wildman–Crippen LogP) is 6.40. The van der Waals surface area contributed by atoms with Gasteiger partial charge in [-0.3, -0.25) is 9.36 Å². The topological polar surface area (TPSA) is 94.1 Å². The highest BCUT2D eigenvalue weighted by molar-refractivity contribution is 7.45. The maximum Gasteiger partial charge on any atom is 0.306 e. The van der Waals surface area contributed by atoms with E-state index in [-0.39, 0.29) is 32.2 Å². The van der Waals surface area contributed by atoms with Crippen LogP contribution in [0.5, 0.6) is 0 Å². The van der Waals surface area contributed by atoms with Crippen molar-refractivity contribution in [3.05, 3.63) is 0 Å². The minimum Gasteiger partial charge on any atom is -0.756 e. The largest absolute Gasteiger partial charge is 0.756 e. The fourth-order valence-electron chi connectivity index (χ4n) is 3.82. The summed E-state index contributed by atoms with van der Waals surface area (Å²) in [5.74, 6) is -0.386. The molecule has 0 radical (unpaired) electrons. The monoisotopic (exact) mass is 551 g/mol. The number of unbranched alkanes of at least 4 members (excludes halogenated alkanes) is 13. The lowest BCUT2D eigenvalue weighted by molar-refractivity contribution is -0.870. The molecule has 0 bridgehead atoms. The van der Waals surface area contributed by atoms with E-state index in [0.29, 0.717) is 24.1 Å². The summed E-state index contributed by atoms with van der Waals surface area (Å²) in [7, 11) is 1.35. The SMILES string of the molecule is CCCCCCCCCCCCCCCCOC[C@H](COP(=O)([O-])OCC[N+](C)(C)C)OC(=O)CCC. The Balaban J connectivity index is 3.96. The molecule has 0 saturated carbocycles. The van der Waals surface area contributed by atoms with Crippen molar-refractivity contribution in [3.63, 3.8) is 0 Å². The lowest BCUT2D eigenvalue weighted by Crippen LogP contribution is -2.37. The molecule has 0 saturated heterocycles. The van der Waals surface area contributed by atoms with E-state index in [0.717, 1.165) is 12.8 Å². The first-order valence-corrected chi connectivity index (χ1v) is 16.2. The first-order valence-electron chi connectivity index (χ1n) is 14.8. The summed E-state index contributed by atoms with van der Waals surface area (Å²) in [6.07, 6.45) is 18.3. The second-order valence-corrected chi connectivity index (χ2v) is 12.5. The Morgan fingerprint density at radius 3 is 1.73 bits per heavy atom. The van der Waals surface area contributed by atoms with Crippen molar-refractivity contribution in [2.45, 2.75) is 123 Å². The molecule has 0 aromatic rings. The second-order valence-electron chi connectivity index (χ2n) is 11.1. The number of rotatable bonds is 27. The van der Waals surface area contributed by atoms with Gasteiger partial charge >= 0.3 is 5.97 Å². The van der Waals surface area contributed by atoms with Gasteiger partial charge in [-0.1, -0.05) is 97.3 Å². The van der Waals surface area contributed by atoms with Crippen molar-refractivity contribution in [1.29, 1.82) is 0 Å². The van der Waals surface area contributed by atoms with Crippen molar-refractivity contribution in [1.82, 2.24) is 0 Å². The van der Waals surface area contributed by atoms with Crippen molar-refractivity contribution in [3.8, 4) is 0 Å². The van der Waals surface area contributed by atoms with Crippen molar-refractivity contribution in [2.75, 3.05) is 54.1 Å². The highest BCUT2D eigenvalue weighted by atomic mass is 31.2. The third-order valence-electron chi connectivity index (χ3n) is 6.13. The molecule has 0 heterocycles. The second kappa shape index (κ2) is 23.4. The third-order valence-corrected chi connectivity index (χ3v) is 7.09. The molecule has 0 aliphatic rings. The summed E-state index contributed by atoms with van der Waals surface area (Å²) in [5, 5.41) is 0. The van der Waals surface area contributed by atoms with Crippen LogP contribution in [0, 0.1) is 0 Å². The summed E-state index contributed by atoms with van der Waals surface area (Å²) in [5.41, 5.74) is 0. The predicted molar refractivity (Wildman–Crippen MR) is 148 cm³/mol. The zero-order chi connectivity index (χ0) is 27.8. The lowest BCUT2D eigenvalue weighted by Gasteiger charge is -2.28. The molecule has 1 unspecified atom stereocenters. The van der Waals surface area contributed by atoms with Crippen molar-refractivity contribution >= 4 is 13.8 Å². The molecule has 0 aromatic carbocycles. The average Bonchev–Trinajstić information content (AvgIpc) is 2.81. The highest BCUT2D eigenvalue weighted by Crippen LogP contribution is 2.38. The quantitative estimate of drug-likeness (QED) is 0.0504. The van der Waals surface area contributed by atoms with Crippen LogP contribution in [0.1, 0.15) is 117 Å². The molecular weight excluding hydrogens is 493 g/mol. The van der Waals surface area contributed by atoms with Gasteiger partial charge in [0.15, 0.2) is 0 Å². The van der Waals surface area contributed by atoms with Crippen LogP contribution in [0.4, 0.5) is 0 Å². The van der Waals surface area contributed by atoms with E-state index in [4.69, 9.17) is 18.5 Å². The number of nitrogens with zero attached hydrogens (tertiary/aromatic N) is 1. The Morgan fingerprint density at radius 1 is 0.730 bits per heavy atom. The van der Waals surface area contributed by atoms with E-state index in [1.807, 2.05) is 28.1 Å². The van der Waals surface area contributed by atoms with Gasteiger partial charge in [-0.2, -0.15) is 0 Å². The van der Waals surface area contributed by atoms with Crippen LogP contribution in [0.3, 0.4) is 0 Å². The molecule has 0 amide bonds. The molecule has 0 N–H and O–H groups in total. The molecule has 0 fully saturated rings. The zero-order valence-electron chi connectivity index (χ0n) is 24.7. The smallest absolute Gasteiger partial charge is 0.306 e. The molecule has 222 valence electrons. The number of carbonyl (C=O) groups is 1. The summed E-state index contributed by atoms with van der Waals surface area (Å²) in [6.45, 7) is 5.04. The fourth-order valence-corrected chi connectivity index (χ4v) is 4.55. The normalized spacial score (nSPS) is 14.4. The molecule has 8 nitrogen and oxygen atoms in total. The van der Waals surface area contributed by atoms with E-state index in [2.05, 4.69) is 6.92 Å². The molecular formula is C28H58NO7P. The van der Waals surface area contributed by atoms with Crippen molar-refractivity contribution in [2.24, 2.45) is 0 Å². The number of phosphoric ester groups is 1. The van der Waals surface area contributed by atoms with E-state index >= 15 is 0 Å². The zero-order valence-corrected chi connectivity index (χ0v) is 25.6. The number of ether oxygens (including phenoxy) is 2. The van der Waals surface area contributed by atoms with E-state index in [9.17, 15) is 14.3 Å². The van der Waals surface area contributed by atoms with Crippen LogP contribution in [-0.4, -0.2) is 70.7 Å². The number of carbonyl (C=O) groups excluding carboxylic acids is 1. The van der Waals surface area contributed by atoms with Gasteiger partial charge in [0.05, 0.1) is 34.4 Å². The van der Waals surface area contributed by atoms with Gasteiger partial charge in [-0.15, -0.1) is 0 Å². The number of phosphoric acid groups is 1. The highest BCUT2D eigenvalue weighted by Gasteiger charge is 2.20. The Kier molecular flexibility index (Phi) is 23.1. The Bertz CT molecular complexity index is 583. The first-order chi connectivity index (χ1) is 17.6. The van der Waals surface area contributed by atoms with Crippen LogP contribution in [-0.2, 0) is 27.9 Å². The average molecular weight is 552 g/mol. The van der Waals surface area contributed by atoms with E-state index in [1.165, 1.54) is 77.0 Å². The number of hydrogen-bond donors (Lipinski definition) is 0. The Hall–Kier alpha value is -0.500. The number of quaternary nitrogens is 1. The molecule has 0 rings (SSSR count). The third kappa shape index (κ3) is 26.9. The maximum atomic E-state index is 12.1. The molecule has 0 aromatic heterocycles. The molecule has 0 spiro atoms. The number of likely N-dealkylation sites (N-methyl/N-ethyl adjacent to an activating group) is 1. The molecule has 37 heavy (non-hydrogen) atoms. The van der Waals surface area contributed by atoms with Crippen LogP contribution in [0.2, 0.25) is 0 Å². The number of esters is 1. The van der Waals surface area contributed by atoms with Gasteiger partial charge in [0.2, 0.25) is 0 Å². The Morgan fingerprint density at radius 2 is 1.24 bits per heavy atom. The summed E-state index contributed by atoms with van der Waals surface area (Å²) in [6, 6.07) is 0. The standard InChI is InChI=1S/C28H58NO7P/c1-6-8-9-10-11-12-13-14-15-16-17-18-19-20-23-33-25-27(36-28(30)21-7-2)26-35-37(31,32)34-24-22-29(3,4)5/h27H,6-26H2,1-5H3/t27-/m1/s1. The molecule has 2 atom stereocenters. The van der Waals surface area contributed by atoms with Crippen LogP contribution in [0.25, 0.3) is 0 Å². The van der Waals surface area contributed by atoms with Gasteiger partial charge in [-0.05, 0) is 12.8 Å². The summed E-state index contributed by atoms with van der Waals surface area (Å²) < 4.78 is 33.6. The lowest BCUT2D eigenvalue weighted by atomic mass is 10.0. The van der Waals surface area contributed by atoms with Crippen LogP contribution >= 0.6 is 7.82 Å². The van der Waals surface area contributed by atoms with E-state index in [1.54, 1.807) is 0 Å². The summed E-state index contributed by atoms with van der Waals surface area (Å²) in [4.78, 5) is 24.0. The van der Waals surface area contributed by atoms with Gasteiger partial charge in [0, 0.05) is 13.0 Å². The fraction of sp³-hybridized carbons (Fsp3) is 0.964. The van der Waals surface area contributed by atoms with Crippen LogP contribution in [0.15, 0.2) is 0 Å². The molecule has 0 aliphatic carbocycles. The Labute approximate surface area is 228 Å². The van der Waals surface area contributed by atoms with Crippen molar-refractivity contribution < 1.29 is 37.3 Å². The van der Waals surface area contributed by atoms with Gasteiger partial charge in [-0.25, -0.2) is 0 Å². The van der Waals surface area contributed by atoms with E-state index < -0.39 is 13.9 Å². The molecule has 9 heteroatoms. The van der Waals surface area contributed by atoms with Gasteiger partial charge < -0.3 is 27.9 Å². The minimum atomic E-state index is -4.47. The maximum absolute atomic E-state index is 12.1. The summed E-state index contributed by atoms with van der Waals surface area (Å²) >= 11 is 0.